The quantitative estimate of drug-likeness (QED) is 0.368. The number of halogens is 6. The van der Waals surface area contributed by atoms with Crippen LogP contribution in [-0.2, 0) is 19.3 Å². The molecule has 2 aromatic rings. The lowest BCUT2D eigenvalue weighted by atomic mass is 9.87. The maximum Gasteiger partial charge on any atom is 0.573 e. The zero-order chi connectivity index (χ0) is 21.2. The van der Waals surface area contributed by atoms with Crippen LogP contribution in [0.4, 0.5) is 26.3 Å². The topological polar surface area (TPSA) is 9.23 Å². The van der Waals surface area contributed by atoms with Gasteiger partial charge in [0, 0.05) is 5.56 Å². The Balaban J connectivity index is 1.84. The van der Waals surface area contributed by atoms with Crippen molar-refractivity contribution >= 4 is 5.57 Å². The van der Waals surface area contributed by atoms with Gasteiger partial charge in [-0.1, -0.05) is 38.0 Å². The SMILES string of the molecule is CCCCCc1ccc(C2=CCc3c(cc(F)c(OC(F)(F)F)c3F)C2)c(F)c1. The van der Waals surface area contributed by atoms with Crippen molar-refractivity contribution in [3.05, 3.63) is 70.0 Å². The van der Waals surface area contributed by atoms with Crippen LogP contribution >= 0.6 is 0 Å². The van der Waals surface area contributed by atoms with E-state index in [2.05, 4.69) is 11.7 Å². The van der Waals surface area contributed by atoms with E-state index in [1.165, 1.54) is 6.07 Å². The highest BCUT2D eigenvalue weighted by Crippen LogP contribution is 2.37. The van der Waals surface area contributed by atoms with Gasteiger partial charge in [-0.05, 0) is 60.1 Å². The summed E-state index contributed by atoms with van der Waals surface area (Å²) >= 11 is 0. The Morgan fingerprint density at radius 1 is 1.00 bits per heavy atom. The Morgan fingerprint density at radius 3 is 2.41 bits per heavy atom. The van der Waals surface area contributed by atoms with Crippen molar-refractivity contribution < 1.29 is 31.1 Å². The monoisotopic (exact) mass is 414 g/mol. The number of hydrogen-bond donors (Lipinski definition) is 0. The second-order valence-corrected chi connectivity index (χ2v) is 7.07. The molecule has 0 heterocycles. The van der Waals surface area contributed by atoms with Gasteiger partial charge >= 0.3 is 6.36 Å². The third-order valence-corrected chi connectivity index (χ3v) is 4.97. The summed E-state index contributed by atoms with van der Waals surface area (Å²) in [4.78, 5) is 0. The number of rotatable bonds is 6. The fourth-order valence-electron chi connectivity index (χ4n) is 3.54. The smallest absolute Gasteiger partial charge is 0.399 e. The van der Waals surface area contributed by atoms with E-state index in [1.807, 2.05) is 6.07 Å². The lowest BCUT2D eigenvalue weighted by Crippen LogP contribution is -2.20. The zero-order valence-electron chi connectivity index (χ0n) is 15.8. The van der Waals surface area contributed by atoms with E-state index in [0.29, 0.717) is 11.1 Å². The maximum absolute atomic E-state index is 14.6. The number of aryl methyl sites for hydroxylation is 1. The van der Waals surface area contributed by atoms with Crippen molar-refractivity contribution in [3.63, 3.8) is 0 Å². The van der Waals surface area contributed by atoms with Gasteiger partial charge in [0.1, 0.15) is 5.82 Å². The van der Waals surface area contributed by atoms with Gasteiger partial charge in [-0.25, -0.2) is 13.2 Å². The number of alkyl halides is 3. The highest BCUT2D eigenvalue weighted by Gasteiger charge is 2.35. The summed E-state index contributed by atoms with van der Waals surface area (Å²) < 4.78 is 83.6. The van der Waals surface area contributed by atoms with Gasteiger partial charge in [0.2, 0.25) is 5.75 Å². The summed E-state index contributed by atoms with van der Waals surface area (Å²) in [5.74, 6) is -4.70. The van der Waals surface area contributed by atoms with Crippen LogP contribution < -0.4 is 4.74 Å². The zero-order valence-corrected chi connectivity index (χ0v) is 15.8. The molecule has 29 heavy (non-hydrogen) atoms. The first kappa shape index (κ1) is 21.3. The molecule has 0 atom stereocenters. The first-order valence-electron chi connectivity index (χ1n) is 9.43. The third kappa shape index (κ3) is 4.95. The van der Waals surface area contributed by atoms with E-state index in [4.69, 9.17) is 0 Å². The molecular weight excluding hydrogens is 394 g/mol. The molecule has 0 amide bonds. The second kappa shape index (κ2) is 8.51. The molecule has 0 aromatic heterocycles. The highest BCUT2D eigenvalue weighted by molar-refractivity contribution is 5.71. The third-order valence-electron chi connectivity index (χ3n) is 4.97. The van der Waals surface area contributed by atoms with Crippen molar-refractivity contribution in [2.24, 2.45) is 0 Å². The molecule has 1 nitrogen and oxygen atoms in total. The van der Waals surface area contributed by atoms with Crippen LogP contribution in [0.3, 0.4) is 0 Å². The molecule has 0 fully saturated rings. The summed E-state index contributed by atoms with van der Waals surface area (Å²) in [7, 11) is 0. The Bertz CT molecular complexity index is 930. The minimum Gasteiger partial charge on any atom is -0.399 e. The van der Waals surface area contributed by atoms with Gasteiger partial charge in [-0.3, -0.25) is 0 Å². The molecule has 0 saturated carbocycles. The van der Waals surface area contributed by atoms with Crippen LogP contribution in [-0.4, -0.2) is 6.36 Å². The van der Waals surface area contributed by atoms with Crippen LogP contribution in [0.1, 0.15) is 48.4 Å². The number of unbranched alkanes of at least 4 members (excludes halogenated alkanes) is 2. The molecule has 3 rings (SSSR count). The molecule has 0 bridgehead atoms. The summed E-state index contributed by atoms with van der Waals surface area (Å²) in [5.41, 5.74) is 1.84. The molecule has 0 spiro atoms. The molecule has 0 N–H and O–H groups in total. The van der Waals surface area contributed by atoms with Gasteiger partial charge < -0.3 is 4.74 Å². The van der Waals surface area contributed by atoms with Crippen LogP contribution in [0.2, 0.25) is 0 Å². The number of ether oxygens (including phenoxy) is 1. The van der Waals surface area contributed by atoms with Crippen LogP contribution in [0.15, 0.2) is 30.3 Å². The van der Waals surface area contributed by atoms with E-state index in [1.54, 1.807) is 12.1 Å². The minimum absolute atomic E-state index is 0.0154. The first-order chi connectivity index (χ1) is 13.7. The Kier molecular flexibility index (Phi) is 6.24. The molecular formula is C22H20F6O. The number of fused-ring (bicyclic) bond motifs is 1. The predicted octanol–water partition coefficient (Wildman–Crippen LogP) is 6.92. The van der Waals surface area contributed by atoms with E-state index >= 15 is 0 Å². The summed E-state index contributed by atoms with van der Waals surface area (Å²) in [6.45, 7) is 2.08. The van der Waals surface area contributed by atoms with Crippen LogP contribution in [0, 0.1) is 17.5 Å². The molecule has 156 valence electrons. The van der Waals surface area contributed by atoms with Crippen LogP contribution in [0.5, 0.6) is 5.75 Å². The summed E-state index contributed by atoms with van der Waals surface area (Å²) in [5, 5.41) is 0. The number of hydrogen-bond acceptors (Lipinski definition) is 1. The van der Waals surface area contributed by atoms with Crippen LogP contribution in [0.25, 0.3) is 5.57 Å². The largest absolute Gasteiger partial charge is 0.573 e. The maximum atomic E-state index is 14.6. The fourth-order valence-corrected chi connectivity index (χ4v) is 3.54. The van der Waals surface area contributed by atoms with E-state index in [-0.39, 0.29) is 24.0 Å². The number of allylic oxidation sites excluding steroid dienone is 2. The molecule has 0 unspecified atom stereocenters. The first-order valence-corrected chi connectivity index (χ1v) is 9.43. The van der Waals surface area contributed by atoms with E-state index in [9.17, 15) is 26.3 Å². The van der Waals surface area contributed by atoms with Gasteiger partial charge in [0.15, 0.2) is 11.6 Å². The molecule has 0 aliphatic heterocycles. The number of benzene rings is 2. The highest BCUT2D eigenvalue weighted by atomic mass is 19.4. The Labute approximate surface area is 165 Å². The summed E-state index contributed by atoms with van der Waals surface area (Å²) in [6.07, 6.45) is 0.142. The molecule has 1 aliphatic carbocycles. The minimum atomic E-state index is -5.20. The fraction of sp³-hybridized carbons (Fsp3) is 0.364. The lowest BCUT2D eigenvalue weighted by molar-refractivity contribution is -0.276. The average Bonchev–Trinajstić information content (AvgIpc) is 2.64. The Hall–Kier alpha value is -2.44. The van der Waals surface area contributed by atoms with Crippen molar-refractivity contribution in [2.45, 2.75) is 51.8 Å². The molecule has 0 saturated heterocycles. The normalized spacial score (nSPS) is 13.8. The second-order valence-electron chi connectivity index (χ2n) is 7.07. The Morgan fingerprint density at radius 2 is 1.76 bits per heavy atom. The average molecular weight is 414 g/mol. The van der Waals surface area contributed by atoms with Gasteiger partial charge in [0.05, 0.1) is 0 Å². The van der Waals surface area contributed by atoms with Gasteiger partial charge in [-0.15, -0.1) is 13.2 Å². The van der Waals surface area contributed by atoms with Crippen molar-refractivity contribution in [3.8, 4) is 5.75 Å². The lowest BCUT2D eigenvalue weighted by Gasteiger charge is -2.21. The molecule has 7 heteroatoms. The molecule has 1 aliphatic rings. The van der Waals surface area contributed by atoms with Crippen molar-refractivity contribution in [1.82, 2.24) is 0 Å². The van der Waals surface area contributed by atoms with Crippen molar-refractivity contribution in [2.75, 3.05) is 0 Å². The van der Waals surface area contributed by atoms with E-state index in [0.717, 1.165) is 37.3 Å². The van der Waals surface area contributed by atoms with Gasteiger partial charge in [-0.2, -0.15) is 0 Å². The standard InChI is InChI=1S/C22H20F6O/c1-2-3-4-5-13-6-8-16(18(23)10-13)14-7-9-17-15(11-14)12-19(24)21(20(17)25)29-22(26,27)28/h6-8,10,12H,2-5,9,11H2,1H3. The molecule has 2 aromatic carbocycles. The van der Waals surface area contributed by atoms with Gasteiger partial charge in [0.25, 0.3) is 0 Å². The predicted molar refractivity (Wildman–Crippen MR) is 98.1 cm³/mol. The van der Waals surface area contributed by atoms with E-state index < -0.39 is 29.6 Å². The summed E-state index contributed by atoms with van der Waals surface area (Å²) in [6, 6.07) is 5.75. The molecule has 0 radical (unpaired) electrons. The van der Waals surface area contributed by atoms with Crippen molar-refractivity contribution in [1.29, 1.82) is 0 Å².